The molecule has 2 saturated carbocycles. The van der Waals surface area contributed by atoms with Crippen molar-refractivity contribution in [1.82, 2.24) is 25.1 Å². The van der Waals surface area contributed by atoms with Crippen LogP contribution in [0.2, 0.25) is 0 Å². The van der Waals surface area contributed by atoms with Crippen molar-refractivity contribution < 1.29 is 0 Å². The van der Waals surface area contributed by atoms with Gasteiger partial charge in [-0.05, 0) is 125 Å². The summed E-state index contributed by atoms with van der Waals surface area (Å²) in [7, 11) is 0. The van der Waals surface area contributed by atoms with Crippen LogP contribution in [0.4, 0.5) is 0 Å². The first kappa shape index (κ1) is 35.5. The molecule has 0 spiro atoms. The first-order chi connectivity index (χ1) is 24.4. The zero-order valence-corrected chi connectivity index (χ0v) is 30.9. The van der Waals surface area contributed by atoms with Gasteiger partial charge in [-0.2, -0.15) is 5.10 Å². The number of nitrogens with two attached hydrogens (primary N) is 1. The number of allylic oxidation sites excluding steroid dienone is 6. The third-order valence-corrected chi connectivity index (χ3v) is 11.2. The Kier molecular flexibility index (Phi) is 10.8. The molecule has 0 radical (unpaired) electrons. The van der Waals surface area contributed by atoms with Gasteiger partial charge in [0.1, 0.15) is 0 Å². The Morgan fingerprint density at radius 1 is 1.04 bits per heavy atom. The number of aryl methyl sites for hydroxylation is 1. The molecule has 2 fully saturated rings. The molecule has 3 aromatic heterocycles. The lowest BCUT2D eigenvalue weighted by molar-refractivity contribution is 0.192. The highest BCUT2D eigenvalue weighted by molar-refractivity contribution is 5.85. The maximum absolute atomic E-state index is 12.7. The Bertz CT molecular complexity index is 1990. The van der Waals surface area contributed by atoms with Gasteiger partial charge in [-0.1, -0.05) is 56.2 Å². The zero-order chi connectivity index (χ0) is 35.4. The second-order valence-corrected chi connectivity index (χ2v) is 14.0. The van der Waals surface area contributed by atoms with Crippen molar-refractivity contribution in [3.05, 3.63) is 127 Å². The average molecular weight is 671 g/mol. The number of nitrogens with one attached hydrogen (secondary N) is 1. The molecule has 3 heterocycles. The summed E-state index contributed by atoms with van der Waals surface area (Å²) >= 11 is 0. The standard InChI is InChI=1S/C41H48N6O.C2H6/c1-5-26(3)37(27(4)6-2)30-15-17-32(44-24-30)25-47(36-14-8-10-28-13-9-21-43-38(28)36)39(29-11-7-12-29)41(19-20-41)31-16-18-33-34(22-31)35(23-42)45-46-40(33)48;1-2/h5,9,13,15-18,21-22,24,36H,6-8,10-12,14,19-20,23,25,42H2,1-4H3,(H,46,48);1-2H3/b26-5-,37-27+;. The lowest BCUT2D eigenvalue weighted by atomic mass is 9.79. The second kappa shape index (κ2) is 15.3. The minimum Gasteiger partial charge on any atom is -0.360 e. The van der Waals surface area contributed by atoms with Gasteiger partial charge in [-0.25, -0.2) is 5.10 Å². The number of rotatable bonds is 10. The van der Waals surface area contributed by atoms with E-state index >= 15 is 0 Å². The summed E-state index contributed by atoms with van der Waals surface area (Å²) in [4.78, 5) is 25.6. The highest BCUT2D eigenvalue weighted by Crippen LogP contribution is 2.59. The van der Waals surface area contributed by atoms with Gasteiger partial charge in [0.2, 0.25) is 0 Å². The molecule has 3 aliphatic carbocycles. The summed E-state index contributed by atoms with van der Waals surface area (Å²) in [5, 5.41) is 8.45. The molecule has 3 N–H and O–H groups in total. The Hall–Kier alpha value is -4.36. The van der Waals surface area contributed by atoms with Gasteiger partial charge >= 0.3 is 0 Å². The van der Waals surface area contributed by atoms with Crippen molar-refractivity contribution in [2.24, 2.45) is 5.73 Å². The molecule has 0 aliphatic heterocycles. The SMILES string of the molecule is C/C=C(C)\C(=C(\C)CC)c1ccc(CN(C(=C2CCC2)C2(c3ccc4c(=O)[nH]nc(CN)c4c3)CC2)C2CCCc3cccnc32)nc1.CC. The quantitative estimate of drug-likeness (QED) is 0.163. The Morgan fingerprint density at radius 3 is 2.48 bits per heavy atom. The molecular formula is C43H54N6O. The van der Waals surface area contributed by atoms with E-state index in [1.165, 1.54) is 51.2 Å². The zero-order valence-electron chi connectivity index (χ0n) is 30.9. The molecule has 262 valence electrons. The molecule has 4 aromatic rings. The number of aromatic nitrogens is 4. The average Bonchev–Trinajstić information content (AvgIpc) is 3.95. The Balaban J connectivity index is 0.00000212. The van der Waals surface area contributed by atoms with Crippen molar-refractivity contribution in [3.8, 4) is 0 Å². The first-order valence-corrected chi connectivity index (χ1v) is 18.8. The van der Waals surface area contributed by atoms with E-state index in [1.807, 2.05) is 26.1 Å². The summed E-state index contributed by atoms with van der Waals surface area (Å²) < 4.78 is 0. The fourth-order valence-electron chi connectivity index (χ4n) is 8.07. The fourth-order valence-corrected chi connectivity index (χ4v) is 8.07. The maximum atomic E-state index is 12.7. The summed E-state index contributed by atoms with van der Waals surface area (Å²) in [6.45, 7) is 13.7. The molecule has 3 aliphatic rings. The van der Waals surface area contributed by atoms with Crippen LogP contribution >= 0.6 is 0 Å². The van der Waals surface area contributed by atoms with E-state index in [-0.39, 0.29) is 23.6 Å². The van der Waals surface area contributed by atoms with Crippen LogP contribution in [0.25, 0.3) is 16.3 Å². The van der Waals surface area contributed by atoms with Crippen molar-refractivity contribution in [2.75, 3.05) is 0 Å². The van der Waals surface area contributed by atoms with E-state index < -0.39 is 0 Å². The van der Waals surface area contributed by atoms with Crippen LogP contribution in [-0.4, -0.2) is 25.1 Å². The van der Waals surface area contributed by atoms with Crippen LogP contribution in [0.3, 0.4) is 0 Å². The van der Waals surface area contributed by atoms with E-state index in [0.29, 0.717) is 5.39 Å². The number of fused-ring (bicyclic) bond motifs is 2. The van der Waals surface area contributed by atoms with E-state index in [1.54, 1.807) is 5.57 Å². The molecule has 0 saturated heterocycles. The molecule has 0 bridgehead atoms. The number of hydrogen-bond acceptors (Lipinski definition) is 6. The first-order valence-electron chi connectivity index (χ1n) is 18.8. The second-order valence-electron chi connectivity index (χ2n) is 14.0. The van der Waals surface area contributed by atoms with Crippen LogP contribution in [0.1, 0.15) is 133 Å². The van der Waals surface area contributed by atoms with Crippen molar-refractivity contribution in [1.29, 1.82) is 0 Å². The number of hydrogen-bond donors (Lipinski definition) is 2. The predicted octanol–water partition coefficient (Wildman–Crippen LogP) is 9.40. The Labute approximate surface area is 297 Å². The molecule has 7 rings (SSSR count). The molecule has 1 atom stereocenters. The fraction of sp³-hybridized carbons (Fsp3) is 0.442. The van der Waals surface area contributed by atoms with Crippen molar-refractivity contribution >= 4 is 16.3 Å². The Morgan fingerprint density at radius 2 is 1.84 bits per heavy atom. The maximum Gasteiger partial charge on any atom is 0.272 e. The van der Waals surface area contributed by atoms with E-state index in [2.05, 4.69) is 91.5 Å². The van der Waals surface area contributed by atoms with Gasteiger partial charge in [0.25, 0.3) is 5.56 Å². The van der Waals surface area contributed by atoms with Gasteiger partial charge < -0.3 is 10.6 Å². The summed E-state index contributed by atoms with van der Waals surface area (Å²) in [6, 6.07) is 15.4. The smallest absolute Gasteiger partial charge is 0.272 e. The molecule has 7 heteroatoms. The van der Waals surface area contributed by atoms with Crippen LogP contribution in [0.5, 0.6) is 0 Å². The number of pyridine rings is 2. The number of nitrogens with zero attached hydrogens (tertiary/aromatic N) is 4. The highest BCUT2D eigenvalue weighted by atomic mass is 16.1. The van der Waals surface area contributed by atoms with Crippen LogP contribution in [0.15, 0.2) is 88.1 Å². The van der Waals surface area contributed by atoms with Crippen LogP contribution < -0.4 is 11.3 Å². The third kappa shape index (κ3) is 6.60. The lowest BCUT2D eigenvalue weighted by Gasteiger charge is -2.44. The van der Waals surface area contributed by atoms with E-state index in [4.69, 9.17) is 15.7 Å². The monoisotopic (exact) mass is 670 g/mol. The van der Waals surface area contributed by atoms with Gasteiger partial charge in [-0.3, -0.25) is 14.8 Å². The topological polar surface area (TPSA) is 101 Å². The molecular weight excluding hydrogens is 617 g/mol. The molecule has 0 amide bonds. The van der Waals surface area contributed by atoms with Gasteiger partial charge in [0.05, 0.1) is 35.1 Å². The van der Waals surface area contributed by atoms with Crippen molar-refractivity contribution in [3.63, 3.8) is 0 Å². The van der Waals surface area contributed by atoms with Crippen LogP contribution in [0, 0.1) is 0 Å². The molecule has 7 nitrogen and oxygen atoms in total. The van der Waals surface area contributed by atoms with Gasteiger partial charge in [-0.15, -0.1) is 0 Å². The normalized spacial score (nSPS) is 18.3. The van der Waals surface area contributed by atoms with Gasteiger partial charge in [0.15, 0.2) is 0 Å². The minimum absolute atomic E-state index is 0.123. The summed E-state index contributed by atoms with van der Waals surface area (Å²) in [5.41, 5.74) is 19.6. The lowest BCUT2D eigenvalue weighted by Crippen LogP contribution is -2.37. The van der Waals surface area contributed by atoms with Gasteiger partial charge in [0, 0.05) is 41.0 Å². The van der Waals surface area contributed by atoms with E-state index in [0.717, 1.165) is 74.7 Å². The summed E-state index contributed by atoms with van der Waals surface area (Å²) in [6.07, 6.45) is 16.1. The highest BCUT2D eigenvalue weighted by Gasteiger charge is 2.52. The number of aromatic amines is 1. The summed E-state index contributed by atoms with van der Waals surface area (Å²) in [5.74, 6) is 0. The van der Waals surface area contributed by atoms with Crippen LogP contribution in [-0.2, 0) is 24.9 Å². The molecule has 1 aromatic carbocycles. The molecule has 50 heavy (non-hydrogen) atoms. The minimum atomic E-state index is -0.172. The van der Waals surface area contributed by atoms with Crippen molar-refractivity contribution in [2.45, 2.75) is 124 Å². The predicted molar refractivity (Wildman–Crippen MR) is 205 cm³/mol. The number of H-pyrrole nitrogens is 1. The third-order valence-electron chi connectivity index (χ3n) is 11.2. The number of benzene rings is 1. The van der Waals surface area contributed by atoms with E-state index in [9.17, 15) is 4.79 Å². The largest absolute Gasteiger partial charge is 0.360 e. The molecule has 1 unspecified atom stereocenters.